The highest BCUT2D eigenvalue weighted by atomic mass is 16.2. The number of nitriles is 1. The maximum Gasteiger partial charge on any atom is 0.278 e. The average molecular weight is 396 g/mol. The lowest BCUT2D eigenvalue weighted by molar-refractivity contribution is 0.0984. The van der Waals surface area contributed by atoms with Gasteiger partial charge in [0, 0.05) is 30.1 Å². The zero-order valence-electron chi connectivity index (χ0n) is 16.0. The number of hydrogen-bond acceptors (Lipinski definition) is 5. The molecule has 0 saturated carbocycles. The van der Waals surface area contributed by atoms with Crippen LogP contribution in [0.5, 0.6) is 0 Å². The van der Waals surface area contributed by atoms with Crippen molar-refractivity contribution in [3.8, 4) is 17.3 Å². The van der Waals surface area contributed by atoms with E-state index in [1.165, 1.54) is 11.1 Å². The first-order valence-electron chi connectivity index (χ1n) is 8.99. The Morgan fingerprint density at radius 1 is 1.03 bits per heavy atom. The maximum atomic E-state index is 12.9. The minimum atomic E-state index is -0.498. The fraction of sp³-hybridized carbons (Fsp3) is 0.0455. The molecule has 4 aromatic rings. The van der Waals surface area contributed by atoms with Crippen LogP contribution in [0.15, 0.2) is 67.1 Å². The smallest absolute Gasteiger partial charge is 0.278 e. The second-order valence-electron chi connectivity index (χ2n) is 6.61. The highest BCUT2D eigenvalue weighted by Crippen LogP contribution is 2.22. The van der Waals surface area contributed by atoms with Crippen LogP contribution in [-0.4, -0.2) is 33.2 Å². The van der Waals surface area contributed by atoms with Gasteiger partial charge in [0.25, 0.3) is 5.91 Å². The van der Waals surface area contributed by atoms with E-state index in [2.05, 4.69) is 16.0 Å². The molecular weight excluding hydrogens is 380 g/mol. The van der Waals surface area contributed by atoms with Crippen molar-refractivity contribution in [1.29, 1.82) is 5.26 Å². The molecule has 0 bridgehead atoms. The molecule has 2 amide bonds. The van der Waals surface area contributed by atoms with Crippen LogP contribution in [0.1, 0.15) is 26.4 Å². The number of hydrogen-bond donors (Lipinski definition) is 1. The number of carbonyl (C=O) groups excluding carboxylic acids is 2. The van der Waals surface area contributed by atoms with Crippen molar-refractivity contribution in [2.75, 3.05) is 11.9 Å². The number of aromatic nitrogens is 3. The molecule has 0 fully saturated rings. The third kappa shape index (κ3) is 3.36. The van der Waals surface area contributed by atoms with Gasteiger partial charge in [0.15, 0.2) is 5.65 Å². The average Bonchev–Trinajstić information content (AvgIpc) is 3.21. The molecular formula is C22H16N6O2. The van der Waals surface area contributed by atoms with Crippen molar-refractivity contribution < 1.29 is 9.59 Å². The number of rotatable bonds is 4. The molecule has 2 aromatic heterocycles. The number of benzene rings is 2. The summed E-state index contributed by atoms with van der Waals surface area (Å²) >= 11 is 0. The van der Waals surface area contributed by atoms with E-state index >= 15 is 0 Å². The van der Waals surface area contributed by atoms with Crippen LogP contribution in [0.2, 0.25) is 0 Å². The van der Waals surface area contributed by atoms with Gasteiger partial charge < -0.3 is 10.6 Å². The molecule has 0 atom stereocenters. The van der Waals surface area contributed by atoms with Crippen LogP contribution in [-0.2, 0) is 0 Å². The highest BCUT2D eigenvalue weighted by molar-refractivity contribution is 6.04. The Kier molecular flexibility index (Phi) is 4.70. The SMILES string of the molecule is CN(C(=O)c1cn2c(-c3ccc(C(N)=O)cc3)cnc2cn1)c1ccc(C#N)cc1. The number of nitrogens with zero attached hydrogens (tertiary/aromatic N) is 5. The van der Waals surface area contributed by atoms with Gasteiger partial charge in [-0.1, -0.05) is 12.1 Å². The molecule has 0 aliphatic heterocycles. The summed E-state index contributed by atoms with van der Waals surface area (Å²) in [6, 6.07) is 15.6. The standard InChI is InChI=1S/C22H16N6O2/c1-27(17-8-2-14(10-23)3-9-17)22(30)18-13-28-19(11-26-20(28)12-25-18)15-4-6-16(7-5-15)21(24)29/h2-9,11-13H,1H3,(H2,24,29). The fourth-order valence-electron chi connectivity index (χ4n) is 3.07. The van der Waals surface area contributed by atoms with Crippen LogP contribution < -0.4 is 10.6 Å². The predicted octanol–water partition coefficient (Wildman–Crippen LogP) is 2.64. The molecule has 4 rings (SSSR count). The van der Waals surface area contributed by atoms with Crippen molar-refractivity contribution in [3.05, 3.63) is 83.9 Å². The zero-order valence-corrected chi connectivity index (χ0v) is 16.0. The van der Waals surface area contributed by atoms with E-state index < -0.39 is 5.91 Å². The quantitative estimate of drug-likeness (QED) is 0.569. The summed E-state index contributed by atoms with van der Waals surface area (Å²) in [5.41, 5.74) is 9.26. The van der Waals surface area contributed by atoms with Crippen LogP contribution in [0.25, 0.3) is 16.9 Å². The second kappa shape index (κ2) is 7.48. The second-order valence-corrected chi connectivity index (χ2v) is 6.61. The number of carbonyl (C=O) groups is 2. The first-order valence-corrected chi connectivity index (χ1v) is 8.99. The third-order valence-corrected chi connectivity index (χ3v) is 4.77. The molecule has 0 unspecified atom stereocenters. The van der Waals surface area contributed by atoms with E-state index in [1.807, 2.05) is 0 Å². The summed E-state index contributed by atoms with van der Waals surface area (Å²) in [5, 5.41) is 8.92. The molecule has 8 heteroatoms. The van der Waals surface area contributed by atoms with Gasteiger partial charge >= 0.3 is 0 Å². The Morgan fingerprint density at radius 2 is 1.73 bits per heavy atom. The zero-order chi connectivity index (χ0) is 21.3. The van der Waals surface area contributed by atoms with Crippen molar-refractivity contribution in [3.63, 3.8) is 0 Å². The van der Waals surface area contributed by atoms with E-state index in [1.54, 1.807) is 72.4 Å². The summed E-state index contributed by atoms with van der Waals surface area (Å²) in [6.07, 6.45) is 4.83. The van der Waals surface area contributed by atoms with Crippen LogP contribution in [0, 0.1) is 11.3 Å². The molecule has 2 aromatic carbocycles. The number of anilines is 1. The van der Waals surface area contributed by atoms with E-state index in [9.17, 15) is 9.59 Å². The summed E-state index contributed by atoms with van der Waals surface area (Å²) in [6.45, 7) is 0. The Bertz CT molecular complexity index is 1300. The first-order chi connectivity index (χ1) is 14.5. The predicted molar refractivity (Wildman–Crippen MR) is 111 cm³/mol. The van der Waals surface area contributed by atoms with Crippen LogP contribution >= 0.6 is 0 Å². The largest absolute Gasteiger partial charge is 0.366 e. The van der Waals surface area contributed by atoms with Crippen molar-refractivity contribution in [1.82, 2.24) is 14.4 Å². The van der Waals surface area contributed by atoms with Crippen molar-refractivity contribution in [2.45, 2.75) is 0 Å². The minimum Gasteiger partial charge on any atom is -0.366 e. The van der Waals surface area contributed by atoms with Gasteiger partial charge in [-0.3, -0.25) is 14.0 Å². The van der Waals surface area contributed by atoms with E-state index in [0.717, 1.165) is 11.3 Å². The summed E-state index contributed by atoms with van der Waals surface area (Å²) in [7, 11) is 1.65. The first kappa shape index (κ1) is 18.8. The number of imidazole rings is 1. The molecule has 0 saturated heterocycles. The minimum absolute atomic E-state index is 0.238. The normalized spacial score (nSPS) is 10.5. The fourth-order valence-corrected chi connectivity index (χ4v) is 3.07. The number of fused-ring (bicyclic) bond motifs is 1. The van der Waals surface area contributed by atoms with Gasteiger partial charge in [0.1, 0.15) is 5.69 Å². The number of primary amides is 1. The lowest BCUT2D eigenvalue weighted by atomic mass is 10.1. The van der Waals surface area contributed by atoms with Gasteiger partial charge in [-0.25, -0.2) is 9.97 Å². The van der Waals surface area contributed by atoms with Gasteiger partial charge in [-0.2, -0.15) is 5.26 Å². The Balaban J connectivity index is 1.68. The molecule has 0 spiro atoms. The summed E-state index contributed by atoms with van der Waals surface area (Å²) in [5.74, 6) is -0.798. The molecule has 0 aliphatic carbocycles. The van der Waals surface area contributed by atoms with Gasteiger partial charge in [-0.05, 0) is 36.4 Å². The Morgan fingerprint density at radius 3 is 2.37 bits per heavy atom. The van der Waals surface area contributed by atoms with Gasteiger partial charge in [-0.15, -0.1) is 0 Å². The number of nitrogens with two attached hydrogens (primary N) is 1. The van der Waals surface area contributed by atoms with E-state index in [-0.39, 0.29) is 11.6 Å². The van der Waals surface area contributed by atoms with Gasteiger partial charge in [0.05, 0.1) is 29.7 Å². The molecule has 0 radical (unpaired) electrons. The third-order valence-electron chi connectivity index (χ3n) is 4.77. The summed E-state index contributed by atoms with van der Waals surface area (Å²) in [4.78, 5) is 34.3. The highest BCUT2D eigenvalue weighted by Gasteiger charge is 2.17. The molecule has 8 nitrogen and oxygen atoms in total. The van der Waals surface area contributed by atoms with E-state index in [0.29, 0.717) is 22.5 Å². The van der Waals surface area contributed by atoms with Crippen molar-refractivity contribution >= 4 is 23.1 Å². The van der Waals surface area contributed by atoms with Gasteiger partial charge in [0.2, 0.25) is 5.91 Å². The maximum absolute atomic E-state index is 12.9. The molecule has 2 heterocycles. The van der Waals surface area contributed by atoms with Crippen molar-refractivity contribution in [2.24, 2.45) is 5.73 Å². The molecule has 30 heavy (non-hydrogen) atoms. The van der Waals surface area contributed by atoms with Crippen LogP contribution in [0.4, 0.5) is 5.69 Å². The molecule has 146 valence electrons. The summed E-state index contributed by atoms with van der Waals surface area (Å²) < 4.78 is 1.77. The lowest BCUT2D eigenvalue weighted by Crippen LogP contribution is -2.27. The van der Waals surface area contributed by atoms with E-state index in [4.69, 9.17) is 11.0 Å². The lowest BCUT2D eigenvalue weighted by Gasteiger charge is -2.17. The Labute approximate surface area is 171 Å². The monoisotopic (exact) mass is 396 g/mol. The number of amides is 2. The topological polar surface area (TPSA) is 117 Å². The molecule has 2 N–H and O–H groups in total. The Hall–Kier alpha value is -4.51. The van der Waals surface area contributed by atoms with Crippen LogP contribution in [0.3, 0.4) is 0 Å². The molecule has 0 aliphatic rings.